The average Bonchev–Trinajstić information content (AvgIpc) is 3.37. The molecule has 0 radical (unpaired) electrons. The second kappa shape index (κ2) is 12.0. The van der Waals surface area contributed by atoms with E-state index in [1.807, 2.05) is 66.7 Å². The number of nitrogens with zero attached hydrogens (tertiary/aromatic N) is 3. The first-order valence-corrected chi connectivity index (χ1v) is 13.0. The molecule has 0 bridgehead atoms. The van der Waals surface area contributed by atoms with Crippen LogP contribution in [0.2, 0.25) is 0 Å². The van der Waals surface area contributed by atoms with Crippen molar-refractivity contribution in [1.82, 2.24) is 15.5 Å². The first-order valence-electron chi connectivity index (χ1n) is 13.0. The maximum Gasteiger partial charge on any atom is 0.268 e. The van der Waals surface area contributed by atoms with E-state index in [2.05, 4.69) is 15.7 Å². The molecule has 3 aromatic rings. The predicted octanol–water partition coefficient (Wildman–Crippen LogP) is 1.87. The smallest absolute Gasteiger partial charge is 0.268 e. The Hall–Kier alpha value is -4.34. The zero-order valence-electron chi connectivity index (χ0n) is 21.4. The molecular formula is C30H31N5O4. The number of nitrogens with one attached hydrogen (secondary N) is 2. The van der Waals surface area contributed by atoms with Crippen LogP contribution in [0.25, 0.3) is 0 Å². The largest absolute Gasteiger partial charge is 0.389 e. The minimum absolute atomic E-state index is 0.0581. The minimum Gasteiger partial charge on any atom is -0.389 e. The lowest BCUT2D eigenvalue weighted by atomic mass is 9.94. The van der Waals surface area contributed by atoms with Gasteiger partial charge in [-0.1, -0.05) is 78.9 Å². The van der Waals surface area contributed by atoms with Crippen molar-refractivity contribution < 1.29 is 19.5 Å². The molecule has 0 aromatic heterocycles. The number of rotatable bonds is 9. The van der Waals surface area contributed by atoms with Crippen LogP contribution >= 0.6 is 0 Å². The number of hydrogen-bond acceptors (Lipinski definition) is 6. The van der Waals surface area contributed by atoms with Gasteiger partial charge in [0.15, 0.2) is 0 Å². The zero-order chi connectivity index (χ0) is 27.2. The molecule has 3 atom stereocenters. The van der Waals surface area contributed by atoms with Crippen LogP contribution in [0.5, 0.6) is 0 Å². The van der Waals surface area contributed by atoms with Crippen molar-refractivity contribution in [2.45, 2.75) is 37.6 Å². The van der Waals surface area contributed by atoms with Crippen LogP contribution in [0.3, 0.4) is 0 Å². The van der Waals surface area contributed by atoms with Crippen molar-refractivity contribution in [2.75, 3.05) is 18.1 Å². The van der Waals surface area contributed by atoms with E-state index < -0.39 is 24.1 Å². The first kappa shape index (κ1) is 26.3. The quantitative estimate of drug-likeness (QED) is 0.395. The molecule has 1 fully saturated rings. The molecule has 2 heterocycles. The lowest BCUT2D eigenvalue weighted by Gasteiger charge is -2.38. The highest BCUT2D eigenvalue weighted by Gasteiger charge is 2.39. The Bertz CT molecular complexity index is 1330. The lowest BCUT2D eigenvalue weighted by Crippen LogP contribution is -2.64. The molecule has 3 N–H and O–H groups in total. The molecule has 3 aromatic carbocycles. The van der Waals surface area contributed by atoms with E-state index in [0.717, 1.165) is 11.1 Å². The molecule has 1 saturated heterocycles. The van der Waals surface area contributed by atoms with E-state index in [9.17, 15) is 19.5 Å². The lowest BCUT2D eigenvalue weighted by molar-refractivity contribution is -0.140. The summed E-state index contributed by atoms with van der Waals surface area (Å²) in [7, 11) is 0. The molecule has 0 aliphatic carbocycles. The Kier molecular flexibility index (Phi) is 8.10. The van der Waals surface area contributed by atoms with Crippen LogP contribution in [-0.2, 0) is 27.3 Å². The van der Waals surface area contributed by atoms with Crippen molar-refractivity contribution in [3.63, 3.8) is 0 Å². The number of aliphatic hydroxyl groups excluding tert-OH is 1. The highest BCUT2D eigenvalue weighted by Crippen LogP contribution is 2.21. The van der Waals surface area contributed by atoms with Crippen LogP contribution < -0.4 is 15.6 Å². The molecule has 5 rings (SSSR count). The highest BCUT2D eigenvalue weighted by atomic mass is 16.3. The van der Waals surface area contributed by atoms with E-state index in [4.69, 9.17) is 0 Å². The fraction of sp³-hybridized carbons (Fsp3) is 0.267. The van der Waals surface area contributed by atoms with Gasteiger partial charge in [-0.05, 0) is 29.7 Å². The summed E-state index contributed by atoms with van der Waals surface area (Å²) in [6.07, 6.45) is -1.08. The Labute approximate surface area is 227 Å². The van der Waals surface area contributed by atoms with Crippen LogP contribution in [0.4, 0.5) is 5.69 Å². The fourth-order valence-electron chi connectivity index (χ4n) is 4.91. The van der Waals surface area contributed by atoms with Gasteiger partial charge in [0.25, 0.3) is 11.8 Å². The molecule has 200 valence electrons. The van der Waals surface area contributed by atoms with Gasteiger partial charge in [0.05, 0.1) is 24.3 Å². The molecule has 9 heteroatoms. The van der Waals surface area contributed by atoms with Gasteiger partial charge in [0.1, 0.15) is 11.8 Å². The van der Waals surface area contributed by atoms with E-state index in [0.29, 0.717) is 31.7 Å². The standard InChI is InChI=1S/C30H31N5O4/c36-26-19-25(33-35(26)23-14-8-3-9-15-23)29(38)32-24(18-21-10-4-1-5-11-21)28(37)27-30(39)34(17-16-31-27)20-22-12-6-2-7-13-22/h1-15,24,27-28,31,37H,16-20H2,(H,32,38)/t24-,27-,28-/m0/s1. The van der Waals surface area contributed by atoms with E-state index >= 15 is 0 Å². The summed E-state index contributed by atoms with van der Waals surface area (Å²) in [6.45, 7) is 1.47. The predicted molar refractivity (Wildman–Crippen MR) is 148 cm³/mol. The summed E-state index contributed by atoms with van der Waals surface area (Å²) in [5.74, 6) is -1.09. The third-order valence-electron chi connectivity index (χ3n) is 6.95. The summed E-state index contributed by atoms with van der Waals surface area (Å²) >= 11 is 0. The summed E-state index contributed by atoms with van der Waals surface area (Å²) < 4.78 is 0. The third kappa shape index (κ3) is 6.22. The SMILES string of the molecule is O=C(N[C@@H](Cc1ccccc1)[C@H](O)[C@@H]1NCCN(Cc2ccccc2)C1=O)C1=NN(c2ccccc2)C(=O)C1. The summed E-state index contributed by atoms with van der Waals surface area (Å²) in [5, 5.41) is 23.0. The number of hydrazone groups is 1. The number of carbonyl (C=O) groups excluding carboxylic acids is 3. The van der Waals surface area contributed by atoms with Gasteiger partial charge in [-0.15, -0.1) is 0 Å². The maximum atomic E-state index is 13.4. The van der Waals surface area contributed by atoms with Crippen LogP contribution in [0.15, 0.2) is 96.1 Å². The molecule has 0 unspecified atom stereocenters. The Morgan fingerprint density at radius 3 is 2.23 bits per heavy atom. The average molecular weight is 526 g/mol. The molecule has 9 nitrogen and oxygen atoms in total. The number of benzene rings is 3. The third-order valence-corrected chi connectivity index (χ3v) is 6.95. The van der Waals surface area contributed by atoms with Gasteiger partial charge in [-0.25, -0.2) is 0 Å². The van der Waals surface area contributed by atoms with Gasteiger partial charge in [0, 0.05) is 19.6 Å². The molecule has 0 spiro atoms. The number of aliphatic hydroxyl groups is 1. The van der Waals surface area contributed by atoms with Crippen molar-refractivity contribution in [2.24, 2.45) is 5.10 Å². The van der Waals surface area contributed by atoms with Crippen molar-refractivity contribution >= 4 is 29.1 Å². The molecule has 0 saturated carbocycles. The van der Waals surface area contributed by atoms with Gasteiger partial charge in [-0.2, -0.15) is 10.1 Å². The van der Waals surface area contributed by atoms with Gasteiger partial charge in [-0.3, -0.25) is 14.4 Å². The highest BCUT2D eigenvalue weighted by molar-refractivity contribution is 6.44. The van der Waals surface area contributed by atoms with Gasteiger partial charge >= 0.3 is 0 Å². The number of piperazine rings is 1. The summed E-state index contributed by atoms with van der Waals surface area (Å²) in [6, 6.07) is 26.3. The number of anilines is 1. The molecular weight excluding hydrogens is 494 g/mol. The first-order chi connectivity index (χ1) is 19.0. The number of para-hydroxylation sites is 1. The van der Waals surface area contributed by atoms with E-state index in [-0.39, 0.29) is 23.9 Å². The van der Waals surface area contributed by atoms with E-state index in [1.165, 1.54) is 5.01 Å². The van der Waals surface area contributed by atoms with Crippen molar-refractivity contribution in [1.29, 1.82) is 0 Å². The van der Waals surface area contributed by atoms with Crippen molar-refractivity contribution in [3.05, 3.63) is 102 Å². The van der Waals surface area contributed by atoms with Crippen LogP contribution in [-0.4, -0.2) is 64.7 Å². The monoisotopic (exact) mass is 525 g/mol. The molecule has 2 aliphatic heterocycles. The number of carbonyl (C=O) groups is 3. The van der Waals surface area contributed by atoms with Gasteiger partial charge in [0.2, 0.25) is 5.91 Å². The molecule has 3 amide bonds. The van der Waals surface area contributed by atoms with E-state index in [1.54, 1.807) is 29.2 Å². The van der Waals surface area contributed by atoms with Gasteiger partial charge < -0.3 is 20.6 Å². The van der Waals surface area contributed by atoms with Crippen LogP contribution in [0.1, 0.15) is 17.5 Å². The second-order valence-corrected chi connectivity index (χ2v) is 9.70. The number of amides is 3. The topological polar surface area (TPSA) is 114 Å². The molecule has 2 aliphatic rings. The zero-order valence-corrected chi connectivity index (χ0v) is 21.4. The number of hydrogen-bond donors (Lipinski definition) is 3. The molecule has 39 heavy (non-hydrogen) atoms. The normalized spacial score (nSPS) is 19.0. The van der Waals surface area contributed by atoms with Crippen molar-refractivity contribution in [3.8, 4) is 0 Å². The van der Waals surface area contributed by atoms with Crippen LogP contribution in [0, 0.1) is 0 Å². The Balaban J connectivity index is 1.34. The second-order valence-electron chi connectivity index (χ2n) is 9.70. The fourth-order valence-corrected chi connectivity index (χ4v) is 4.91. The minimum atomic E-state index is -1.22. The summed E-state index contributed by atoms with van der Waals surface area (Å²) in [5.41, 5.74) is 2.52. The maximum absolute atomic E-state index is 13.4. The summed E-state index contributed by atoms with van der Waals surface area (Å²) in [4.78, 5) is 41.0. The Morgan fingerprint density at radius 1 is 0.949 bits per heavy atom. The Morgan fingerprint density at radius 2 is 1.56 bits per heavy atom.